The van der Waals surface area contributed by atoms with E-state index in [9.17, 15) is 13.9 Å². The van der Waals surface area contributed by atoms with Gasteiger partial charge in [0, 0.05) is 0 Å². The van der Waals surface area contributed by atoms with E-state index in [2.05, 4.69) is 20.7 Å². The predicted octanol–water partition coefficient (Wildman–Crippen LogP) is 2.34. The number of nitrogen functional groups attached to an aromatic ring is 1. The van der Waals surface area contributed by atoms with Gasteiger partial charge in [0.25, 0.3) is 0 Å². The van der Waals surface area contributed by atoms with Gasteiger partial charge in [-0.3, -0.25) is 0 Å². The molecule has 0 aliphatic rings. The number of alkyl halides is 2. The topological polar surface area (TPSA) is 55.5 Å². The molecule has 1 aromatic carbocycles. The van der Waals surface area contributed by atoms with Crippen molar-refractivity contribution in [2.45, 2.75) is 6.61 Å². The number of ether oxygens (including phenoxy) is 1. The van der Waals surface area contributed by atoms with Gasteiger partial charge in [-0.15, -0.1) is 0 Å². The standard InChI is InChI=1S/C7H6BrF2NO2/c8-5-4(13-7(9)10)2-1-3(11)6(5)12/h1-2,7,12H,11H2. The minimum absolute atomic E-state index is 0.0211. The van der Waals surface area contributed by atoms with Gasteiger partial charge in [-0.25, -0.2) is 0 Å². The van der Waals surface area contributed by atoms with E-state index in [-0.39, 0.29) is 21.7 Å². The second-order valence-electron chi connectivity index (χ2n) is 2.19. The van der Waals surface area contributed by atoms with Crippen LogP contribution in [0.15, 0.2) is 16.6 Å². The van der Waals surface area contributed by atoms with Crippen LogP contribution >= 0.6 is 15.9 Å². The molecule has 0 spiro atoms. The Labute approximate surface area is 81.2 Å². The van der Waals surface area contributed by atoms with E-state index in [1.165, 1.54) is 12.1 Å². The fourth-order valence-electron chi connectivity index (χ4n) is 0.748. The van der Waals surface area contributed by atoms with Crippen LogP contribution in [0, 0.1) is 0 Å². The third-order valence-corrected chi connectivity index (χ3v) is 2.09. The molecule has 1 aromatic rings. The Morgan fingerprint density at radius 3 is 2.62 bits per heavy atom. The second-order valence-corrected chi connectivity index (χ2v) is 2.99. The summed E-state index contributed by atoms with van der Waals surface area (Å²) >= 11 is 2.87. The summed E-state index contributed by atoms with van der Waals surface area (Å²) in [6, 6.07) is 2.52. The molecule has 1 rings (SSSR count). The number of phenols is 1. The van der Waals surface area contributed by atoms with Crippen LogP contribution in [-0.2, 0) is 0 Å². The molecular formula is C7H6BrF2NO2. The molecule has 0 fully saturated rings. The predicted molar refractivity (Wildman–Crippen MR) is 46.9 cm³/mol. The number of hydrogen-bond donors (Lipinski definition) is 2. The summed E-state index contributed by atoms with van der Waals surface area (Å²) < 4.78 is 27.7. The molecule has 0 unspecified atom stereocenters. The maximum absolute atomic E-state index is 11.8. The average Bonchev–Trinajstić information content (AvgIpc) is 2.06. The van der Waals surface area contributed by atoms with Crippen LogP contribution in [0.25, 0.3) is 0 Å². The molecule has 0 heterocycles. The average molecular weight is 254 g/mol. The maximum Gasteiger partial charge on any atom is 0.387 e. The van der Waals surface area contributed by atoms with Crippen molar-refractivity contribution in [3.8, 4) is 11.5 Å². The van der Waals surface area contributed by atoms with Crippen molar-refractivity contribution >= 4 is 21.6 Å². The molecule has 0 aromatic heterocycles. The number of benzene rings is 1. The first-order valence-electron chi connectivity index (χ1n) is 3.24. The molecular weight excluding hydrogens is 248 g/mol. The van der Waals surface area contributed by atoms with E-state index in [1.54, 1.807) is 0 Å². The van der Waals surface area contributed by atoms with Crippen molar-refractivity contribution in [3.05, 3.63) is 16.6 Å². The quantitative estimate of drug-likeness (QED) is 0.629. The van der Waals surface area contributed by atoms with Crippen LogP contribution < -0.4 is 10.5 Å². The molecule has 3 nitrogen and oxygen atoms in total. The van der Waals surface area contributed by atoms with Gasteiger partial charge in [0.1, 0.15) is 10.2 Å². The van der Waals surface area contributed by atoms with Gasteiger partial charge < -0.3 is 15.6 Å². The van der Waals surface area contributed by atoms with E-state index >= 15 is 0 Å². The third-order valence-electron chi connectivity index (χ3n) is 1.33. The smallest absolute Gasteiger partial charge is 0.387 e. The molecule has 72 valence electrons. The molecule has 6 heteroatoms. The summed E-state index contributed by atoms with van der Waals surface area (Å²) in [5.41, 5.74) is 5.39. The highest BCUT2D eigenvalue weighted by Gasteiger charge is 2.12. The summed E-state index contributed by atoms with van der Waals surface area (Å²) in [5, 5.41) is 9.20. The van der Waals surface area contributed by atoms with Gasteiger partial charge in [-0.05, 0) is 28.1 Å². The molecule has 0 bridgehead atoms. The molecule has 0 radical (unpaired) electrons. The van der Waals surface area contributed by atoms with Crippen LogP contribution in [0.5, 0.6) is 11.5 Å². The Morgan fingerprint density at radius 2 is 2.08 bits per heavy atom. The number of halogens is 3. The number of aromatic hydroxyl groups is 1. The van der Waals surface area contributed by atoms with Crippen LogP contribution in [0.2, 0.25) is 0 Å². The first kappa shape index (κ1) is 10.0. The summed E-state index contributed by atoms with van der Waals surface area (Å²) in [6.07, 6.45) is 0. The van der Waals surface area contributed by atoms with E-state index in [4.69, 9.17) is 5.73 Å². The van der Waals surface area contributed by atoms with Crippen LogP contribution in [-0.4, -0.2) is 11.7 Å². The zero-order chi connectivity index (χ0) is 10.0. The third kappa shape index (κ3) is 2.21. The molecule has 13 heavy (non-hydrogen) atoms. The van der Waals surface area contributed by atoms with E-state index in [1.807, 2.05) is 0 Å². The highest BCUT2D eigenvalue weighted by molar-refractivity contribution is 9.10. The Kier molecular flexibility index (Phi) is 2.92. The highest BCUT2D eigenvalue weighted by atomic mass is 79.9. The van der Waals surface area contributed by atoms with Crippen molar-refractivity contribution in [1.82, 2.24) is 0 Å². The Bertz CT molecular complexity index is 320. The van der Waals surface area contributed by atoms with E-state index in [0.29, 0.717) is 0 Å². The van der Waals surface area contributed by atoms with Crippen molar-refractivity contribution in [1.29, 1.82) is 0 Å². The molecule has 0 amide bonds. The van der Waals surface area contributed by atoms with Crippen LogP contribution in [0.3, 0.4) is 0 Å². The summed E-state index contributed by atoms with van der Waals surface area (Å²) in [7, 11) is 0. The molecule has 0 aliphatic heterocycles. The lowest BCUT2D eigenvalue weighted by atomic mass is 10.3. The monoisotopic (exact) mass is 253 g/mol. The molecule has 0 atom stereocenters. The first-order valence-corrected chi connectivity index (χ1v) is 4.03. The zero-order valence-electron chi connectivity index (χ0n) is 6.30. The normalized spacial score (nSPS) is 10.5. The largest absolute Gasteiger partial charge is 0.505 e. The summed E-state index contributed by atoms with van der Waals surface area (Å²) in [4.78, 5) is 0. The van der Waals surface area contributed by atoms with Crippen LogP contribution in [0.1, 0.15) is 0 Å². The Balaban J connectivity index is 3.04. The van der Waals surface area contributed by atoms with Gasteiger partial charge in [0.2, 0.25) is 0 Å². The van der Waals surface area contributed by atoms with Gasteiger partial charge in [-0.2, -0.15) is 8.78 Å². The lowest BCUT2D eigenvalue weighted by molar-refractivity contribution is -0.0504. The second kappa shape index (κ2) is 3.78. The van der Waals surface area contributed by atoms with E-state index < -0.39 is 6.61 Å². The van der Waals surface area contributed by atoms with Gasteiger partial charge in [0.15, 0.2) is 5.75 Å². The zero-order valence-corrected chi connectivity index (χ0v) is 7.88. The summed E-state index contributed by atoms with van der Waals surface area (Å²) in [5.74, 6) is -0.458. The van der Waals surface area contributed by atoms with Gasteiger partial charge in [-0.1, -0.05) is 0 Å². The minimum Gasteiger partial charge on any atom is -0.505 e. The fraction of sp³-hybridized carbons (Fsp3) is 0.143. The van der Waals surface area contributed by atoms with Crippen molar-refractivity contribution in [2.24, 2.45) is 0 Å². The maximum atomic E-state index is 11.8. The fourth-order valence-corrected chi connectivity index (χ4v) is 1.20. The first-order chi connectivity index (χ1) is 6.02. The molecule has 0 saturated heterocycles. The highest BCUT2D eigenvalue weighted by Crippen LogP contribution is 2.38. The lowest BCUT2D eigenvalue weighted by Crippen LogP contribution is -2.02. The summed E-state index contributed by atoms with van der Waals surface area (Å²) in [6.45, 7) is -2.93. The molecule has 0 saturated carbocycles. The Hall–Kier alpha value is -1.04. The van der Waals surface area contributed by atoms with Gasteiger partial charge in [0.05, 0.1) is 5.69 Å². The van der Waals surface area contributed by atoms with Gasteiger partial charge >= 0.3 is 6.61 Å². The molecule has 3 N–H and O–H groups in total. The number of hydrogen-bond acceptors (Lipinski definition) is 3. The van der Waals surface area contributed by atoms with Crippen molar-refractivity contribution < 1.29 is 18.6 Å². The lowest BCUT2D eigenvalue weighted by Gasteiger charge is -2.08. The number of rotatable bonds is 2. The minimum atomic E-state index is -2.93. The van der Waals surface area contributed by atoms with Crippen molar-refractivity contribution in [3.63, 3.8) is 0 Å². The Morgan fingerprint density at radius 1 is 1.46 bits per heavy atom. The van der Waals surface area contributed by atoms with E-state index in [0.717, 1.165) is 0 Å². The number of nitrogens with two attached hydrogens (primary N) is 1. The molecule has 0 aliphatic carbocycles. The number of anilines is 1. The van der Waals surface area contributed by atoms with Crippen LogP contribution in [0.4, 0.5) is 14.5 Å². The van der Waals surface area contributed by atoms with Crippen molar-refractivity contribution in [2.75, 3.05) is 5.73 Å². The number of phenolic OH excluding ortho intramolecular Hbond substituents is 1. The SMILES string of the molecule is Nc1ccc(OC(F)F)c(Br)c1O.